The summed E-state index contributed by atoms with van der Waals surface area (Å²) < 4.78 is 29.5. The fourth-order valence-corrected chi connectivity index (χ4v) is 5.75. The molecule has 1 fully saturated rings. The number of rotatable bonds is 5. The summed E-state index contributed by atoms with van der Waals surface area (Å²) in [6.07, 6.45) is 1.55. The van der Waals surface area contributed by atoms with Crippen LogP contribution in [0.3, 0.4) is 0 Å². The van der Waals surface area contributed by atoms with Crippen molar-refractivity contribution in [2.45, 2.75) is 30.4 Å². The molecule has 2 aliphatic heterocycles. The number of sulfone groups is 1. The maximum Gasteiger partial charge on any atom is 0.173 e. The molecule has 0 bridgehead atoms. The van der Waals surface area contributed by atoms with Crippen molar-refractivity contribution in [3.8, 4) is 23.2 Å². The van der Waals surface area contributed by atoms with E-state index in [4.69, 9.17) is 20.5 Å². The predicted molar refractivity (Wildman–Crippen MR) is 130 cm³/mol. The summed E-state index contributed by atoms with van der Waals surface area (Å²) in [6, 6.07) is 7.53. The lowest BCUT2D eigenvalue weighted by molar-refractivity contribution is 0.122. The molecule has 170 valence electrons. The molecule has 2 aliphatic rings. The van der Waals surface area contributed by atoms with Gasteiger partial charge in [0.15, 0.2) is 20.2 Å². The van der Waals surface area contributed by atoms with Crippen LogP contribution in [0.4, 0.5) is 5.82 Å². The van der Waals surface area contributed by atoms with Gasteiger partial charge >= 0.3 is 0 Å². The van der Waals surface area contributed by atoms with Crippen LogP contribution in [0.15, 0.2) is 34.4 Å². The first-order chi connectivity index (χ1) is 15.5. The van der Waals surface area contributed by atoms with Gasteiger partial charge in [0.25, 0.3) is 0 Å². The zero-order chi connectivity index (χ0) is 23.1. The quantitative estimate of drug-likeness (QED) is 0.232. The van der Waals surface area contributed by atoms with Crippen molar-refractivity contribution in [1.29, 1.82) is 0 Å². The average molecular weight is 474 g/mol. The van der Waals surface area contributed by atoms with Gasteiger partial charge in [-0.05, 0) is 0 Å². The molecular formula is C22H27N5O3S2. The van der Waals surface area contributed by atoms with Gasteiger partial charge in [-0.15, -0.1) is 0 Å². The van der Waals surface area contributed by atoms with E-state index in [0.717, 1.165) is 11.1 Å². The molecule has 1 aromatic heterocycles. The molecule has 0 amide bonds. The summed E-state index contributed by atoms with van der Waals surface area (Å²) in [6.45, 7) is 8.17. The first kappa shape index (κ1) is 24.0. The fourth-order valence-electron chi connectivity index (χ4n) is 3.22. The van der Waals surface area contributed by atoms with E-state index in [1.165, 1.54) is 11.8 Å². The molecule has 4 rings (SSSR count). The number of anilines is 1. The Morgan fingerprint density at radius 2 is 2.00 bits per heavy atom. The SMILES string of the molecule is CC.CCS(=O)(=O)C1C#Cc2c(nc(-c3ccccc3/C=N\N)nc2N2CCOCC2)S1. The number of aromatic nitrogens is 2. The van der Waals surface area contributed by atoms with Gasteiger partial charge in [-0.1, -0.05) is 68.6 Å². The minimum absolute atomic E-state index is 0.0265. The summed E-state index contributed by atoms with van der Waals surface area (Å²) in [7, 11) is -3.34. The fraction of sp³-hybridized carbons (Fsp3) is 0.409. The molecule has 2 N–H and O–H groups in total. The van der Waals surface area contributed by atoms with Crippen LogP contribution >= 0.6 is 11.8 Å². The van der Waals surface area contributed by atoms with Crippen LogP contribution in [0.25, 0.3) is 11.4 Å². The van der Waals surface area contributed by atoms with E-state index in [2.05, 4.69) is 21.8 Å². The standard InChI is InChI=1S/C20H21N5O3S2.C2H6/c1-2-30(26,27)17-8-7-16-19(25-9-11-28-12-10-25)23-18(24-20(16)29-17)15-6-4-3-5-14(15)13-22-21;1-2/h3-6,13,17H,2,9-12,21H2,1H3;1-2H3/b22-13-;. The van der Waals surface area contributed by atoms with Crippen molar-refractivity contribution in [3.63, 3.8) is 0 Å². The minimum atomic E-state index is -3.34. The van der Waals surface area contributed by atoms with E-state index >= 15 is 0 Å². The van der Waals surface area contributed by atoms with Crippen molar-refractivity contribution in [1.82, 2.24) is 9.97 Å². The second-order valence-corrected chi connectivity index (χ2v) is 10.5. The zero-order valence-electron chi connectivity index (χ0n) is 18.4. The van der Waals surface area contributed by atoms with Crippen LogP contribution in [0, 0.1) is 11.8 Å². The third-order valence-corrected chi connectivity index (χ3v) is 8.44. The van der Waals surface area contributed by atoms with E-state index < -0.39 is 14.4 Å². The number of thioether (sulfide) groups is 1. The molecule has 2 aromatic rings. The Kier molecular flexibility index (Phi) is 8.12. The summed E-state index contributed by atoms with van der Waals surface area (Å²) in [5.74, 6) is 12.5. The molecule has 1 aromatic carbocycles. The van der Waals surface area contributed by atoms with Gasteiger partial charge in [0.1, 0.15) is 10.8 Å². The lowest BCUT2D eigenvalue weighted by Gasteiger charge is -2.30. The van der Waals surface area contributed by atoms with Crippen molar-refractivity contribution in [3.05, 3.63) is 35.4 Å². The Hall–Kier alpha value is -2.61. The number of ether oxygens (including phenoxy) is 1. The topological polar surface area (TPSA) is 111 Å². The largest absolute Gasteiger partial charge is 0.378 e. The Morgan fingerprint density at radius 3 is 2.69 bits per heavy atom. The van der Waals surface area contributed by atoms with Crippen molar-refractivity contribution in [2.24, 2.45) is 10.9 Å². The smallest absolute Gasteiger partial charge is 0.173 e. The molecule has 1 unspecified atom stereocenters. The number of benzene rings is 1. The Balaban J connectivity index is 0.00000141. The van der Waals surface area contributed by atoms with Gasteiger partial charge in [0.2, 0.25) is 0 Å². The molecule has 0 spiro atoms. The van der Waals surface area contributed by atoms with E-state index in [1.54, 1.807) is 13.1 Å². The second-order valence-electron chi connectivity index (χ2n) is 6.69. The molecule has 1 saturated heterocycles. The molecule has 32 heavy (non-hydrogen) atoms. The molecule has 8 nitrogen and oxygen atoms in total. The number of hydrogen-bond donors (Lipinski definition) is 1. The van der Waals surface area contributed by atoms with Gasteiger partial charge in [0.05, 0.1) is 25.0 Å². The summed E-state index contributed by atoms with van der Waals surface area (Å²) in [5.41, 5.74) is 2.20. The van der Waals surface area contributed by atoms with Crippen LogP contribution in [-0.2, 0) is 14.6 Å². The normalized spacial score (nSPS) is 17.7. The van der Waals surface area contributed by atoms with Crippen molar-refractivity contribution in [2.75, 3.05) is 37.0 Å². The molecule has 0 saturated carbocycles. The zero-order valence-corrected chi connectivity index (χ0v) is 20.0. The molecule has 3 heterocycles. The number of hydrogen-bond acceptors (Lipinski definition) is 9. The summed E-state index contributed by atoms with van der Waals surface area (Å²) in [4.78, 5) is 11.6. The van der Waals surface area contributed by atoms with Crippen molar-refractivity contribution >= 4 is 33.6 Å². The number of hydrazone groups is 1. The Bertz CT molecular complexity index is 1150. The summed E-state index contributed by atoms with van der Waals surface area (Å²) in [5, 5.41) is 4.20. The monoisotopic (exact) mass is 473 g/mol. The lowest BCUT2D eigenvalue weighted by atomic mass is 10.1. The van der Waals surface area contributed by atoms with Gasteiger partial charge in [-0.2, -0.15) is 5.10 Å². The first-order valence-corrected chi connectivity index (χ1v) is 13.1. The van der Waals surface area contributed by atoms with Crippen LogP contribution in [0.1, 0.15) is 31.9 Å². The summed E-state index contributed by atoms with van der Waals surface area (Å²) >= 11 is 1.17. The van der Waals surface area contributed by atoms with Crippen LogP contribution in [-0.4, -0.2) is 61.2 Å². The molecule has 10 heteroatoms. The van der Waals surface area contributed by atoms with E-state index in [1.807, 2.05) is 38.1 Å². The highest BCUT2D eigenvalue weighted by Crippen LogP contribution is 2.37. The predicted octanol–water partition coefficient (Wildman–Crippen LogP) is 2.52. The van der Waals surface area contributed by atoms with Crippen LogP contribution < -0.4 is 10.7 Å². The van der Waals surface area contributed by atoms with Crippen LogP contribution in [0.2, 0.25) is 0 Å². The average Bonchev–Trinajstić information content (AvgIpc) is 2.85. The maximum atomic E-state index is 12.4. The first-order valence-electron chi connectivity index (χ1n) is 10.5. The van der Waals surface area contributed by atoms with E-state index in [0.29, 0.717) is 48.5 Å². The minimum Gasteiger partial charge on any atom is -0.378 e. The van der Waals surface area contributed by atoms with Gasteiger partial charge < -0.3 is 15.5 Å². The molecular weight excluding hydrogens is 446 g/mol. The second kappa shape index (κ2) is 10.8. The third-order valence-electron chi connectivity index (χ3n) is 4.84. The lowest BCUT2D eigenvalue weighted by Crippen LogP contribution is -2.37. The Morgan fingerprint density at radius 1 is 1.28 bits per heavy atom. The van der Waals surface area contributed by atoms with E-state index in [-0.39, 0.29) is 5.75 Å². The molecule has 0 aliphatic carbocycles. The third kappa shape index (κ3) is 5.06. The Labute approximate surface area is 193 Å². The number of nitrogens with zero attached hydrogens (tertiary/aromatic N) is 4. The number of morpholine rings is 1. The number of fused-ring (bicyclic) bond motifs is 1. The highest BCUT2D eigenvalue weighted by molar-refractivity contribution is 8.13. The van der Waals surface area contributed by atoms with Gasteiger partial charge in [-0.3, -0.25) is 0 Å². The highest BCUT2D eigenvalue weighted by atomic mass is 32.3. The highest BCUT2D eigenvalue weighted by Gasteiger charge is 2.31. The molecule has 1 atom stereocenters. The molecule has 0 radical (unpaired) electrons. The van der Waals surface area contributed by atoms with E-state index in [9.17, 15) is 8.42 Å². The van der Waals surface area contributed by atoms with Crippen LogP contribution in [0.5, 0.6) is 0 Å². The van der Waals surface area contributed by atoms with Gasteiger partial charge in [-0.25, -0.2) is 18.4 Å². The number of nitrogens with two attached hydrogens (primary N) is 1. The van der Waals surface area contributed by atoms with Crippen molar-refractivity contribution < 1.29 is 13.2 Å². The van der Waals surface area contributed by atoms with Gasteiger partial charge in [0, 0.05) is 30.0 Å². The maximum absolute atomic E-state index is 12.4.